The molecule has 0 spiro atoms. The first kappa shape index (κ1) is 19.9. The van der Waals surface area contributed by atoms with Gasteiger partial charge in [-0.3, -0.25) is 9.59 Å². The first-order valence-corrected chi connectivity index (χ1v) is 9.70. The molecule has 1 unspecified atom stereocenters. The highest BCUT2D eigenvalue weighted by atomic mass is 16.5. The van der Waals surface area contributed by atoms with Gasteiger partial charge in [0.15, 0.2) is 5.69 Å². The standard InChI is InChI=1S/C20H27N5O3/c1-4-23(5-2)19(26)14-24-13-17(21-22-24)20(27)25-11-7-10-18(25)15-8-6-9-16(12-15)28-3/h6,8-9,12-13,18H,4-5,7,10-11,14H2,1-3H3. The minimum Gasteiger partial charge on any atom is -0.497 e. The molecule has 1 saturated heterocycles. The monoisotopic (exact) mass is 385 g/mol. The van der Waals surface area contributed by atoms with Gasteiger partial charge in [-0.1, -0.05) is 17.3 Å². The van der Waals surface area contributed by atoms with Crippen molar-refractivity contribution in [3.8, 4) is 5.75 Å². The van der Waals surface area contributed by atoms with Crippen LogP contribution >= 0.6 is 0 Å². The molecule has 1 aliphatic heterocycles. The van der Waals surface area contributed by atoms with Gasteiger partial charge >= 0.3 is 0 Å². The summed E-state index contributed by atoms with van der Waals surface area (Å²) in [5.74, 6) is 0.578. The quantitative estimate of drug-likeness (QED) is 0.729. The molecule has 2 aromatic rings. The lowest BCUT2D eigenvalue weighted by molar-refractivity contribution is -0.131. The number of hydrogen-bond donors (Lipinski definition) is 0. The van der Waals surface area contributed by atoms with E-state index in [1.54, 1.807) is 18.2 Å². The Hall–Kier alpha value is -2.90. The molecule has 1 atom stereocenters. The third-order valence-corrected chi connectivity index (χ3v) is 5.16. The van der Waals surface area contributed by atoms with Crippen molar-refractivity contribution in [1.82, 2.24) is 24.8 Å². The second-order valence-electron chi connectivity index (χ2n) is 6.80. The zero-order valence-corrected chi connectivity index (χ0v) is 16.7. The SMILES string of the molecule is CCN(CC)C(=O)Cn1cc(C(=O)N2CCCC2c2cccc(OC)c2)nn1. The predicted molar refractivity (Wildman–Crippen MR) is 104 cm³/mol. The molecule has 0 saturated carbocycles. The van der Waals surface area contributed by atoms with Gasteiger partial charge in [0, 0.05) is 19.6 Å². The molecule has 1 aromatic heterocycles. The molecule has 2 amide bonds. The number of rotatable bonds is 7. The molecule has 0 radical (unpaired) electrons. The van der Waals surface area contributed by atoms with Crippen molar-refractivity contribution in [3.63, 3.8) is 0 Å². The minimum absolute atomic E-state index is 0.00921. The van der Waals surface area contributed by atoms with Crippen LogP contribution in [0.25, 0.3) is 0 Å². The molecule has 8 nitrogen and oxygen atoms in total. The maximum absolute atomic E-state index is 13.0. The Morgan fingerprint density at radius 1 is 1.29 bits per heavy atom. The molecule has 1 aromatic carbocycles. The van der Waals surface area contributed by atoms with Crippen LogP contribution in [0.3, 0.4) is 0 Å². The van der Waals surface area contributed by atoms with Crippen LogP contribution in [-0.2, 0) is 11.3 Å². The summed E-state index contributed by atoms with van der Waals surface area (Å²) < 4.78 is 6.74. The maximum Gasteiger partial charge on any atom is 0.276 e. The summed E-state index contributed by atoms with van der Waals surface area (Å²) in [7, 11) is 1.63. The number of methoxy groups -OCH3 is 1. The van der Waals surface area contributed by atoms with Crippen LogP contribution in [0.15, 0.2) is 30.5 Å². The van der Waals surface area contributed by atoms with Gasteiger partial charge in [-0.15, -0.1) is 5.10 Å². The lowest BCUT2D eigenvalue weighted by atomic mass is 10.0. The zero-order chi connectivity index (χ0) is 20.1. The van der Waals surface area contributed by atoms with Gasteiger partial charge in [-0.25, -0.2) is 4.68 Å². The fraction of sp³-hybridized carbons (Fsp3) is 0.500. The van der Waals surface area contributed by atoms with Crippen molar-refractivity contribution in [2.75, 3.05) is 26.7 Å². The normalized spacial score (nSPS) is 16.2. The fourth-order valence-electron chi connectivity index (χ4n) is 3.64. The first-order valence-electron chi connectivity index (χ1n) is 9.70. The summed E-state index contributed by atoms with van der Waals surface area (Å²) in [6.07, 6.45) is 3.39. The summed E-state index contributed by atoms with van der Waals surface area (Å²) in [6, 6.07) is 7.80. The Balaban J connectivity index is 1.73. The number of benzene rings is 1. The van der Waals surface area contributed by atoms with Crippen molar-refractivity contribution in [1.29, 1.82) is 0 Å². The van der Waals surface area contributed by atoms with Crippen LogP contribution in [0, 0.1) is 0 Å². The number of likely N-dealkylation sites (tertiary alicyclic amines) is 1. The third-order valence-electron chi connectivity index (χ3n) is 5.16. The van der Waals surface area contributed by atoms with Gasteiger partial charge in [-0.2, -0.15) is 0 Å². The van der Waals surface area contributed by atoms with E-state index in [1.165, 1.54) is 4.68 Å². The van der Waals surface area contributed by atoms with Gasteiger partial charge in [0.05, 0.1) is 19.3 Å². The van der Waals surface area contributed by atoms with Crippen LogP contribution in [0.1, 0.15) is 48.8 Å². The number of carbonyl (C=O) groups excluding carboxylic acids is 2. The Morgan fingerprint density at radius 2 is 2.07 bits per heavy atom. The Kier molecular flexibility index (Phi) is 6.28. The van der Waals surface area contributed by atoms with E-state index in [2.05, 4.69) is 10.3 Å². The molecular formula is C20H27N5O3. The van der Waals surface area contributed by atoms with E-state index in [1.807, 2.05) is 43.0 Å². The number of aromatic nitrogens is 3. The molecule has 1 aliphatic rings. The second-order valence-corrected chi connectivity index (χ2v) is 6.80. The molecule has 0 bridgehead atoms. The second kappa shape index (κ2) is 8.86. The first-order chi connectivity index (χ1) is 13.6. The van der Waals surface area contributed by atoms with Crippen molar-refractivity contribution in [2.45, 2.75) is 39.3 Å². The highest BCUT2D eigenvalue weighted by Crippen LogP contribution is 2.34. The average Bonchev–Trinajstić information content (AvgIpc) is 3.38. The minimum atomic E-state index is -0.160. The van der Waals surface area contributed by atoms with Crippen molar-refractivity contribution in [2.24, 2.45) is 0 Å². The summed E-state index contributed by atoms with van der Waals surface area (Å²) in [5.41, 5.74) is 1.32. The number of hydrogen-bond acceptors (Lipinski definition) is 5. The zero-order valence-electron chi connectivity index (χ0n) is 16.7. The maximum atomic E-state index is 13.0. The van der Waals surface area contributed by atoms with E-state index in [0.29, 0.717) is 19.6 Å². The fourth-order valence-corrected chi connectivity index (χ4v) is 3.64. The molecule has 28 heavy (non-hydrogen) atoms. The van der Waals surface area contributed by atoms with Crippen LogP contribution in [0.5, 0.6) is 5.75 Å². The van der Waals surface area contributed by atoms with Crippen molar-refractivity contribution >= 4 is 11.8 Å². The lowest BCUT2D eigenvalue weighted by Gasteiger charge is -2.24. The summed E-state index contributed by atoms with van der Waals surface area (Å²) in [6.45, 7) is 5.92. The van der Waals surface area contributed by atoms with Gasteiger partial charge in [0.25, 0.3) is 5.91 Å². The van der Waals surface area contributed by atoms with Crippen LogP contribution in [-0.4, -0.2) is 63.4 Å². The smallest absolute Gasteiger partial charge is 0.276 e. The van der Waals surface area contributed by atoms with Crippen LogP contribution in [0.2, 0.25) is 0 Å². The predicted octanol–water partition coefficient (Wildman–Crippen LogP) is 2.13. The lowest BCUT2D eigenvalue weighted by Crippen LogP contribution is -2.33. The highest BCUT2D eigenvalue weighted by molar-refractivity contribution is 5.92. The Labute approximate surface area is 165 Å². The average molecular weight is 385 g/mol. The number of likely N-dealkylation sites (N-methyl/N-ethyl adjacent to an activating group) is 1. The largest absolute Gasteiger partial charge is 0.497 e. The van der Waals surface area contributed by atoms with Crippen molar-refractivity contribution < 1.29 is 14.3 Å². The molecule has 0 aliphatic carbocycles. The highest BCUT2D eigenvalue weighted by Gasteiger charge is 2.32. The summed E-state index contributed by atoms with van der Waals surface area (Å²) in [4.78, 5) is 28.8. The summed E-state index contributed by atoms with van der Waals surface area (Å²) >= 11 is 0. The van der Waals surface area contributed by atoms with Gasteiger partial charge in [0.1, 0.15) is 12.3 Å². The van der Waals surface area contributed by atoms with E-state index in [0.717, 1.165) is 24.2 Å². The number of nitrogens with zero attached hydrogens (tertiary/aromatic N) is 5. The molecule has 2 heterocycles. The Bertz CT molecular complexity index is 831. The van der Waals surface area contributed by atoms with E-state index in [9.17, 15) is 9.59 Å². The van der Waals surface area contributed by atoms with Crippen LogP contribution in [0.4, 0.5) is 0 Å². The molecule has 0 N–H and O–H groups in total. The topological polar surface area (TPSA) is 80.6 Å². The van der Waals surface area contributed by atoms with Gasteiger partial charge in [-0.05, 0) is 44.4 Å². The van der Waals surface area contributed by atoms with Gasteiger partial charge in [0.2, 0.25) is 5.91 Å². The number of amides is 2. The molecular weight excluding hydrogens is 358 g/mol. The Morgan fingerprint density at radius 3 is 2.79 bits per heavy atom. The van der Waals surface area contributed by atoms with Crippen LogP contribution < -0.4 is 4.74 Å². The molecule has 8 heteroatoms. The van der Waals surface area contributed by atoms with Gasteiger partial charge < -0.3 is 14.5 Å². The number of carbonyl (C=O) groups is 2. The van der Waals surface area contributed by atoms with E-state index < -0.39 is 0 Å². The summed E-state index contributed by atoms with van der Waals surface area (Å²) in [5, 5.41) is 7.99. The molecule has 150 valence electrons. The van der Waals surface area contributed by atoms with E-state index in [-0.39, 0.29) is 30.1 Å². The molecule has 3 rings (SSSR count). The molecule has 1 fully saturated rings. The van der Waals surface area contributed by atoms with E-state index in [4.69, 9.17) is 4.74 Å². The number of ether oxygens (including phenoxy) is 1. The van der Waals surface area contributed by atoms with Crippen molar-refractivity contribution in [3.05, 3.63) is 41.7 Å². The third kappa shape index (κ3) is 4.16. The van der Waals surface area contributed by atoms with E-state index >= 15 is 0 Å².